The maximum absolute atomic E-state index is 13.5. The molecule has 1 amide bonds. The van der Waals surface area contributed by atoms with Gasteiger partial charge in [-0.25, -0.2) is 8.42 Å². The van der Waals surface area contributed by atoms with Gasteiger partial charge >= 0.3 is 0 Å². The summed E-state index contributed by atoms with van der Waals surface area (Å²) < 4.78 is 28.2. The molecule has 0 fully saturated rings. The minimum Gasteiger partial charge on any atom is -0.324 e. The van der Waals surface area contributed by atoms with Gasteiger partial charge in [0.1, 0.15) is 6.54 Å². The summed E-state index contributed by atoms with van der Waals surface area (Å²) in [6.07, 6.45) is 0.764. The third-order valence-corrected chi connectivity index (χ3v) is 7.03. The van der Waals surface area contributed by atoms with Gasteiger partial charge in [-0.3, -0.25) is 9.10 Å². The molecule has 0 saturated heterocycles. The molecule has 162 valence electrons. The first-order valence-electron chi connectivity index (χ1n) is 10.3. The van der Waals surface area contributed by atoms with Crippen LogP contribution < -0.4 is 9.62 Å². The predicted octanol–water partition coefficient (Wildman–Crippen LogP) is 5.01. The number of nitrogens with one attached hydrogen (secondary N) is 1. The Kier molecular flexibility index (Phi) is 6.81. The van der Waals surface area contributed by atoms with Gasteiger partial charge in [-0.1, -0.05) is 55.5 Å². The fourth-order valence-electron chi connectivity index (χ4n) is 3.52. The van der Waals surface area contributed by atoms with Gasteiger partial charge in [0.05, 0.1) is 10.6 Å². The van der Waals surface area contributed by atoms with Crippen molar-refractivity contribution in [3.8, 4) is 0 Å². The summed E-state index contributed by atoms with van der Waals surface area (Å²) in [6, 6.07) is 19.6. The molecule has 0 heterocycles. The number of anilines is 2. The Morgan fingerprint density at radius 3 is 2.29 bits per heavy atom. The summed E-state index contributed by atoms with van der Waals surface area (Å²) in [4.78, 5) is 13.2. The van der Waals surface area contributed by atoms with Gasteiger partial charge in [0.15, 0.2) is 0 Å². The van der Waals surface area contributed by atoms with E-state index in [1.165, 1.54) is 4.31 Å². The highest BCUT2D eigenvalue weighted by atomic mass is 32.2. The van der Waals surface area contributed by atoms with Crippen molar-refractivity contribution < 1.29 is 13.2 Å². The Morgan fingerprint density at radius 2 is 1.61 bits per heavy atom. The van der Waals surface area contributed by atoms with Gasteiger partial charge in [0.25, 0.3) is 10.0 Å². The predicted molar refractivity (Wildman–Crippen MR) is 126 cm³/mol. The SMILES string of the molecule is CCc1cccc(C)c1NC(=O)CN(c1cc(C)ccc1C)S(=O)(=O)c1ccccc1. The molecule has 0 aromatic heterocycles. The summed E-state index contributed by atoms with van der Waals surface area (Å²) in [5, 5.41) is 2.94. The van der Waals surface area contributed by atoms with Crippen LogP contribution in [0, 0.1) is 20.8 Å². The lowest BCUT2D eigenvalue weighted by atomic mass is 10.1. The minimum atomic E-state index is -3.93. The van der Waals surface area contributed by atoms with Crippen LogP contribution in [0.5, 0.6) is 0 Å². The van der Waals surface area contributed by atoms with Gasteiger partial charge < -0.3 is 5.32 Å². The number of para-hydroxylation sites is 1. The number of rotatable bonds is 7. The Bertz CT molecular complexity index is 1190. The average molecular weight is 437 g/mol. The van der Waals surface area contributed by atoms with Crippen LogP contribution in [0.4, 0.5) is 11.4 Å². The first kappa shape index (κ1) is 22.6. The molecule has 0 unspecified atom stereocenters. The van der Waals surface area contributed by atoms with E-state index in [0.717, 1.165) is 34.4 Å². The molecule has 0 aliphatic rings. The Hall–Kier alpha value is -3.12. The van der Waals surface area contributed by atoms with E-state index in [1.807, 2.05) is 58.0 Å². The molecule has 0 aliphatic heterocycles. The maximum atomic E-state index is 13.5. The summed E-state index contributed by atoms with van der Waals surface area (Å²) in [6.45, 7) is 7.37. The highest BCUT2D eigenvalue weighted by molar-refractivity contribution is 7.92. The van der Waals surface area contributed by atoms with Crippen LogP contribution in [-0.4, -0.2) is 20.9 Å². The number of hydrogen-bond donors (Lipinski definition) is 1. The molecule has 5 nitrogen and oxygen atoms in total. The number of hydrogen-bond acceptors (Lipinski definition) is 3. The highest BCUT2D eigenvalue weighted by Crippen LogP contribution is 2.28. The molecule has 0 saturated carbocycles. The van der Waals surface area contributed by atoms with Crippen LogP contribution in [0.15, 0.2) is 71.6 Å². The lowest BCUT2D eigenvalue weighted by Gasteiger charge is -2.26. The van der Waals surface area contributed by atoms with E-state index in [9.17, 15) is 13.2 Å². The lowest BCUT2D eigenvalue weighted by Crippen LogP contribution is -2.38. The van der Waals surface area contributed by atoms with Crippen LogP contribution in [-0.2, 0) is 21.2 Å². The Morgan fingerprint density at radius 1 is 0.903 bits per heavy atom. The Balaban J connectivity index is 2.02. The van der Waals surface area contributed by atoms with Crippen molar-refractivity contribution in [1.82, 2.24) is 0 Å². The normalized spacial score (nSPS) is 11.2. The zero-order chi connectivity index (χ0) is 22.6. The monoisotopic (exact) mass is 436 g/mol. The second-order valence-corrected chi connectivity index (χ2v) is 9.49. The number of carbonyl (C=O) groups excluding carboxylic acids is 1. The largest absolute Gasteiger partial charge is 0.324 e. The van der Waals surface area contributed by atoms with Crippen molar-refractivity contribution in [3.05, 3.63) is 89.0 Å². The van der Waals surface area contributed by atoms with Gasteiger partial charge in [-0.15, -0.1) is 0 Å². The summed E-state index contributed by atoms with van der Waals surface area (Å²) in [7, 11) is -3.93. The molecule has 6 heteroatoms. The second-order valence-electron chi connectivity index (χ2n) is 7.63. The molecule has 3 aromatic carbocycles. The molecule has 1 N–H and O–H groups in total. The van der Waals surface area contributed by atoms with Crippen molar-refractivity contribution in [1.29, 1.82) is 0 Å². The number of benzene rings is 3. The van der Waals surface area contributed by atoms with Crippen LogP contribution in [0.25, 0.3) is 0 Å². The number of nitrogens with zero attached hydrogens (tertiary/aromatic N) is 1. The van der Waals surface area contributed by atoms with Crippen LogP contribution in [0.3, 0.4) is 0 Å². The van der Waals surface area contributed by atoms with Gasteiger partial charge in [-0.2, -0.15) is 0 Å². The fraction of sp³-hybridized carbons (Fsp3) is 0.240. The topological polar surface area (TPSA) is 66.5 Å². The van der Waals surface area contributed by atoms with Crippen molar-refractivity contribution in [2.45, 2.75) is 39.0 Å². The summed E-state index contributed by atoms with van der Waals surface area (Å²) in [5.74, 6) is -0.385. The van der Waals surface area contributed by atoms with Crippen LogP contribution in [0.1, 0.15) is 29.2 Å². The third-order valence-electron chi connectivity index (χ3n) is 5.26. The molecule has 0 atom stereocenters. The molecule has 0 aliphatic carbocycles. The number of aryl methyl sites for hydroxylation is 4. The summed E-state index contributed by atoms with van der Waals surface area (Å²) in [5.41, 5.74) is 4.89. The first-order chi connectivity index (χ1) is 14.7. The van der Waals surface area contributed by atoms with E-state index in [0.29, 0.717) is 5.69 Å². The van der Waals surface area contributed by atoms with Crippen LogP contribution >= 0.6 is 0 Å². The van der Waals surface area contributed by atoms with E-state index in [2.05, 4.69) is 5.32 Å². The maximum Gasteiger partial charge on any atom is 0.264 e. The molecule has 31 heavy (non-hydrogen) atoms. The molecule has 3 rings (SSSR count). The van der Waals surface area contributed by atoms with E-state index in [1.54, 1.807) is 36.4 Å². The van der Waals surface area contributed by atoms with Crippen molar-refractivity contribution >= 4 is 27.3 Å². The van der Waals surface area contributed by atoms with Crippen molar-refractivity contribution in [3.63, 3.8) is 0 Å². The number of sulfonamides is 1. The minimum absolute atomic E-state index is 0.147. The standard InChI is InChI=1S/C25H28N2O3S/c1-5-21-11-9-10-20(4)25(21)26-24(28)17-27(23-16-18(2)14-15-19(23)3)31(29,30)22-12-7-6-8-13-22/h6-16H,5,17H2,1-4H3,(H,26,28). The van der Waals surface area contributed by atoms with E-state index in [4.69, 9.17) is 0 Å². The highest BCUT2D eigenvalue weighted by Gasteiger charge is 2.28. The van der Waals surface area contributed by atoms with Crippen molar-refractivity contribution in [2.75, 3.05) is 16.2 Å². The number of amides is 1. The number of carbonyl (C=O) groups is 1. The quantitative estimate of drug-likeness (QED) is 0.566. The van der Waals surface area contributed by atoms with E-state index < -0.39 is 10.0 Å². The van der Waals surface area contributed by atoms with Crippen molar-refractivity contribution in [2.24, 2.45) is 0 Å². The lowest BCUT2D eigenvalue weighted by molar-refractivity contribution is -0.114. The Labute approximate surface area is 184 Å². The van der Waals surface area contributed by atoms with E-state index >= 15 is 0 Å². The fourth-order valence-corrected chi connectivity index (χ4v) is 5.02. The van der Waals surface area contributed by atoms with Gasteiger partial charge in [0, 0.05) is 5.69 Å². The van der Waals surface area contributed by atoms with Crippen LogP contribution in [0.2, 0.25) is 0 Å². The zero-order valence-electron chi connectivity index (χ0n) is 18.3. The first-order valence-corrected chi connectivity index (χ1v) is 11.7. The molecule has 0 radical (unpaired) electrons. The van der Waals surface area contributed by atoms with Gasteiger partial charge in [0.2, 0.25) is 5.91 Å². The third kappa shape index (κ3) is 4.97. The second kappa shape index (κ2) is 9.35. The van der Waals surface area contributed by atoms with Gasteiger partial charge in [-0.05, 0) is 67.6 Å². The molecule has 0 bridgehead atoms. The molecule has 0 spiro atoms. The molecule has 3 aromatic rings. The zero-order valence-corrected chi connectivity index (χ0v) is 19.2. The van der Waals surface area contributed by atoms with E-state index in [-0.39, 0.29) is 17.3 Å². The molecular formula is C25H28N2O3S. The summed E-state index contributed by atoms with van der Waals surface area (Å²) >= 11 is 0. The average Bonchev–Trinajstić information content (AvgIpc) is 2.76. The molecular weight excluding hydrogens is 408 g/mol. The smallest absolute Gasteiger partial charge is 0.264 e.